The van der Waals surface area contributed by atoms with E-state index in [0.29, 0.717) is 0 Å². The van der Waals surface area contributed by atoms with Crippen LogP contribution in [0.5, 0.6) is 0 Å². The second kappa shape index (κ2) is 5.12. The summed E-state index contributed by atoms with van der Waals surface area (Å²) in [4.78, 5) is 2.13. The van der Waals surface area contributed by atoms with E-state index in [1.165, 1.54) is 0 Å². The second-order valence-electron chi connectivity index (χ2n) is 3.43. The highest BCUT2D eigenvalue weighted by Gasteiger charge is 2.23. The summed E-state index contributed by atoms with van der Waals surface area (Å²) in [6.45, 7) is 1.76. The molecule has 0 aliphatic heterocycles. The van der Waals surface area contributed by atoms with Crippen LogP contribution in [-0.2, 0) is 4.74 Å². The molecule has 0 aromatic carbocycles. The number of hydrogen-bond donors (Lipinski definition) is 0. The SMILES string of the molecule is CN(C)CCOC1(I)C=CC=CC1. The molecule has 0 fully saturated rings. The van der Waals surface area contributed by atoms with Gasteiger partial charge in [0.25, 0.3) is 0 Å². The number of likely N-dealkylation sites (N-methyl/N-ethyl adjacent to an activating group) is 1. The Kier molecular flexibility index (Phi) is 4.41. The number of allylic oxidation sites excluding steroid dienone is 2. The van der Waals surface area contributed by atoms with E-state index >= 15 is 0 Å². The number of nitrogens with zero attached hydrogens (tertiary/aromatic N) is 1. The summed E-state index contributed by atoms with van der Waals surface area (Å²) >= 11 is 2.36. The smallest absolute Gasteiger partial charge is 0.141 e. The first-order chi connectivity index (χ1) is 6.12. The Labute approximate surface area is 93.8 Å². The summed E-state index contributed by atoms with van der Waals surface area (Å²) in [6, 6.07) is 0. The molecule has 0 N–H and O–H groups in total. The van der Waals surface area contributed by atoms with E-state index in [4.69, 9.17) is 4.74 Å². The van der Waals surface area contributed by atoms with Crippen molar-refractivity contribution in [2.75, 3.05) is 27.2 Å². The van der Waals surface area contributed by atoms with Gasteiger partial charge in [0, 0.05) is 13.0 Å². The third-order valence-electron chi connectivity index (χ3n) is 1.87. The lowest BCUT2D eigenvalue weighted by atomic mass is 10.1. The zero-order valence-corrected chi connectivity index (χ0v) is 10.3. The van der Waals surface area contributed by atoms with Crippen molar-refractivity contribution < 1.29 is 4.74 Å². The normalized spacial score (nSPS) is 27.1. The van der Waals surface area contributed by atoms with Crippen LogP contribution in [0, 0.1) is 0 Å². The van der Waals surface area contributed by atoms with Crippen LogP contribution >= 0.6 is 22.6 Å². The van der Waals surface area contributed by atoms with Crippen LogP contribution in [0.4, 0.5) is 0 Å². The van der Waals surface area contributed by atoms with Gasteiger partial charge in [0.1, 0.15) is 3.61 Å². The van der Waals surface area contributed by atoms with E-state index in [9.17, 15) is 0 Å². The van der Waals surface area contributed by atoms with E-state index in [1.54, 1.807) is 0 Å². The fourth-order valence-electron chi connectivity index (χ4n) is 1.08. The van der Waals surface area contributed by atoms with Gasteiger partial charge in [-0.1, -0.05) is 18.2 Å². The first-order valence-corrected chi connectivity index (χ1v) is 5.52. The van der Waals surface area contributed by atoms with Crippen molar-refractivity contribution in [3.8, 4) is 0 Å². The van der Waals surface area contributed by atoms with Gasteiger partial charge in [-0.15, -0.1) is 0 Å². The molecule has 0 heterocycles. The molecule has 1 atom stereocenters. The lowest BCUT2D eigenvalue weighted by Gasteiger charge is -2.25. The summed E-state index contributed by atoms with van der Waals surface area (Å²) in [5.41, 5.74) is 0. The molecule has 0 bridgehead atoms. The van der Waals surface area contributed by atoms with Crippen LogP contribution in [-0.4, -0.2) is 35.8 Å². The molecule has 0 amide bonds. The largest absolute Gasteiger partial charge is 0.359 e. The molecule has 0 aromatic rings. The van der Waals surface area contributed by atoms with Crippen molar-refractivity contribution in [2.45, 2.75) is 10.0 Å². The third kappa shape index (κ3) is 4.24. The molecule has 1 rings (SSSR count). The van der Waals surface area contributed by atoms with Crippen molar-refractivity contribution in [1.29, 1.82) is 0 Å². The lowest BCUT2D eigenvalue weighted by Crippen LogP contribution is -2.27. The van der Waals surface area contributed by atoms with Gasteiger partial charge in [-0.05, 0) is 42.8 Å². The van der Waals surface area contributed by atoms with Gasteiger partial charge in [0.15, 0.2) is 0 Å². The maximum atomic E-state index is 5.79. The van der Waals surface area contributed by atoms with Gasteiger partial charge in [-0.25, -0.2) is 0 Å². The van der Waals surface area contributed by atoms with E-state index < -0.39 is 0 Å². The molecule has 0 aromatic heterocycles. The van der Waals surface area contributed by atoms with E-state index in [-0.39, 0.29) is 3.61 Å². The van der Waals surface area contributed by atoms with Gasteiger partial charge in [0.2, 0.25) is 0 Å². The van der Waals surface area contributed by atoms with Gasteiger partial charge >= 0.3 is 0 Å². The molecule has 13 heavy (non-hydrogen) atoms. The molecule has 0 saturated carbocycles. The Hall–Kier alpha value is 0.130. The molecule has 1 aliphatic carbocycles. The topological polar surface area (TPSA) is 12.5 Å². The summed E-state index contributed by atoms with van der Waals surface area (Å²) in [6.07, 6.45) is 9.33. The summed E-state index contributed by atoms with van der Waals surface area (Å²) < 4.78 is 5.68. The zero-order valence-electron chi connectivity index (χ0n) is 8.16. The fourth-order valence-corrected chi connectivity index (χ4v) is 1.76. The maximum Gasteiger partial charge on any atom is 0.141 e. The molecular weight excluding hydrogens is 277 g/mol. The zero-order chi connectivity index (χ0) is 9.73. The standard InChI is InChI=1S/C10H16INO/c1-12(2)8-9-13-10(11)6-4-3-5-7-10/h3-6H,7-9H2,1-2H3. The van der Waals surface area contributed by atoms with Gasteiger partial charge in [-0.3, -0.25) is 0 Å². The molecule has 0 radical (unpaired) electrons. The highest BCUT2D eigenvalue weighted by atomic mass is 127. The number of alkyl halides is 1. The summed E-state index contributed by atoms with van der Waals surface area (Å²) in [5, 5.41) is 0. The van der Waals surface area contributed by atoms with Crippen molar-refractivity contribution >= 4 is 22.6 Å². The Morgan fingerprint density at radius 3 is 2.77 bits per heavy atom. The minimum absolute atomic E-state index is 0.109. The minimum atomic E-state index is -0.109. The Bertz CT molecular complexity index is 213. The summed E-state index contributed by atoms with van der Waals surface area (Å²) in [5.74, 6) is 0. The number of hydrogen-bond acceptors (Lipinski definition) is 2. The van der Waals surface area contributed by atoms with Crippen LogP contribution in [0.15, 0.2) is 24.3 Å². The number of halogens is 1. The van der Waals surface area contributed by atoms with Crippen LogP contribution in [0.2, 0.25) is 0 Å². The van der Waals surface area contributed by atoms with Crippen molar-refractivity contribution in [1.82, 2.24) is 4.90 Å². The minimum Gasteiger partial charge on any atom is -0.359 e. The van der Waals surface area contributed by atoms with Crippen molar-refractivity contribution in [3.63, 3.8) is 0 Å². The van der Waals surface area contributed by atoms with E-state index in [1.807, 2.05) is 6.08 Å². The van der Waals surface area contributed by atoms with E-state index in [0.717, 1.165) is 19.6 Å². The van der Waals surface area contributed by atoms with Crippen LogP contribution in [0.1, 0.15) is 6.42 Å². The third-order valence-corrected chi connectivity index (χ3v) is 2.98. The predicted octanol–water partition coefficient (Wildman–Crippen LogP) is 2.21. The Morgan fingerprint density at radius 2 is 2.23 bits per heavy atom. The quantitative estimate of drug-likeness (QED) is 0.582. The van der Waals surface area contributed by atoms with Crippen molar-refractivity contribution in [3.05, 3.63) is 24.3 Å². The molecule has 74 valence electrons. The lowest BCUT2D eigenvalue weighted by molar-refractivity contribution is 0.0631. The summed E-state index contributed by atoms with van der Waals surface area (Å²) in [7, 11) is 4.11. The second-order valence-corrected chi connectivity index (χ2v) is 5.26. The first-order valence-electron chi connectivity index (χ1n) is 4.44. The fraction of sp³-hybridized carbons (Fsp3) is 0.600. The molecular formula is C10H16INO. The highest BCUT2D eigenvalue weighted by molar-refractivity contribution is 14.1. The Morgan fingerprint density at radius 1 is 1.46 bits per heavy atom. The number of rotatable bonds is 4. The van der Waals surface area contributed by atoms with Gasteiger partial charge in [-0.2, -0.15) is 0 Å². The highest BCUT2D eigenvalue weighted by Crippen LogP contribution is 2.29. The van der Waals surface area contributed by atoms with E-state index in [2.05, 4.69) is 59.8 Å². The molecule has 0 saturated heterocycles. The maximum absolute atomic E-state index is 5.79. The molecule has 0 spiro atoms. The van der Waals surface area contributed by atoms with Gasteiger partial charge in [0.05, 0.1) is 6.61 Å². The molecule has 3 heteroatoms. The molecule has 1 aliphatic rings. The number of ether oxygens (including phenoxy) is 1. The van der Waals surface area contributed by atoms with Crippen LogP contribution in [0.3, 0.4) is 0 Å². The predicted molar refractivity (Wildman–Crippen MR) is 64.2 cm³/mol. The van der Waals surface area contributed by atoms with Crippen molar-refractivity contribution in [2.24, 2.45) is 0 Å². The average Bonchev–Trinajstić information content (AvgIpc) is 2.04. The molecule has 1 unspecified atom stereocenters. The first kappa shape index (κ1) is 11.2. The average molecular weight is 293 g/mol. The van der Waals surface area contributed by atoms with Crippen LogP contribution < -0.4 is 0 Å². The monoisotopic (exact) mass is 293 g/mol. The van der Waals surface area contributed by atoms with Crippen LogP contribution in [0.25, 0.3) is 0 Å². The molecule has 2 nitrogen and oxygen atoms in total. The Balaban J connectivity index is 2.27. The van der Waals surface area contributed by atoms with Gasteiger partial charge < -0.3 is 9.64 Å².